The molecule has 152 valence electrons. The zero-order valence-corrected chi connectivity index (χ0v) is 16.3. The number of amides is 2. The van der Waals surface area contributed by atoms with E-state index in [0.717, 1.165) is 35.5 Å². The molecule has 0 bridgehead atoms. The first-order valence-electron chi connectivity index (χ1n) is 9.91. The van der Waals surface area contributed by atoms with Gasteiger partial charge in [0.25, 0.3) is 0 Å². The first-order chi connectivity index (χ1) is 15.3. The molecule has 1 unspecified atom stereocenters. The highest BCUT2D eigenvalue weighted by atomic mass is 16.2. The molecule has 2 amide bonds. The molecule has 0 spiro atoms. The minimum atomic E-state index is -0.232. The standard InChI is InChI=1S/C21H17N9O/c31-21(24-17-3-1-2-11-22-17)30-18-10-12-29(18)16-9-8-15(23-20(16)30)13-4-6-14(7-5-13)19-25-27-28-26-19/h1-9,11,18H,10,12H2,(H,22,24,31)(H,25,26,27,28). The van der Waals surface area contributed by atoms with Gasteiger partial charge >= 0.3 is 6.03 Å². The molecule has 3 aromatic heterocycles. The lowest BCUT2D eigenvalue weighted by molar-refractivity contribution is 0.252. The number of pyridine rings is 2. The molecule has 10 nitrogen and oxygen atoms in total. The SMILES string of the molecule is O=C(Nc1ccccn1)N1c2nc(-c3ccc(-c4nnn[nH]4)cc3)ccc2N2CCC21. The Hall–Kier alpha value is -4.34. The van der Waals surface area contributed by atoms with E-state index in [0.29, 0.717) is 17.5 Å². The molecule has 2 aliphatic heterocycles. The van der Waals surface area contributed by atoms with Crippen molar-refractivity contribution < 1.29 is 4.79 Å². The van der Waals surface area contributed by atoms with E-state index in [9.17, 15) is 4.79 Å². The van der Waals surface area contributed by atoms with Crippen LogP contribution >= 0.6 is 0 Å². The lowest BCUT2D eigenvalue weighted by Crippen LogP contribution is -2.56. The number of tetrazole rings is 1. The Morgan fingerprint density at radius 3 is 2.65 bits per heavy atom. The predicted octanol–water partition coefficient (Wildman–Crippen LogP) is 2.91. The number of carbonyl (C=O) groups excluding carboxylic acids is 1. The number of nitrogens with one attached hydrogen (secondary N) is 2. The molecule has 1 aromatic carbocycles. The van der Waals surface area contributed by atoms with Crippen molar-refractivity contribution in [3.05, 3.63) is 60.8 Å². The third-order valence-corrected chi connectivity index (χ3v) is 5.60. The van der Waals surface area contributed by atoms with Gasteiger partial charge in [0.2, 0.25) is 0 Å². The van der Waals surface area contributed by atoms with Crippen LogP contribution in [0.2, 0.25) is 0 Å². The quantitative estimate of drug-likeness (QED) is 0.532. The average Bonchev–Trinajstić information content (AvgIpc) is 3.39. The number of rotatable bonds is 3. The van der Waals surface area contributed by atoms with Crippen LogP contribution in [-0.4, -0.2) is 49.3 Å². The third kappa shape index (κ3) is 2.88. The minimum Gasteiger partial charge on any atom is -0.347 e. The molecule has 2 aliphatic rings. The zero-order valence-electron chi connectivity index (χ0n) is 16.3. The lowest BCUT2D eigenvalue weighted by atomic mass is 10.1. The molecule has 1 fully saturated rings. The molecule has 6 rings (SSSR count). The topological polar surface area (TPSA) is 116 Å². The van der Waals surface area contributed by atoms with Crippen molar-refractivity contribution in [2.24, 2.45) is 0 Å². The van der Waals surface area contributed by atoms with E-state index in [-0.39, 0.29) is 12.2 Å². The maximum atomic E-state index is 13.1. The van der Waals surface area contributed by atoms with Gasteiger partial charge in [-0.2, -0.15) is 0 Å². The van der Waals surface area contributed by atoms with Crippen molar-refractivity contribution in [1.29, 1.82) is 0 Å². The Morgan fingerprint density at radius 2 is 1.94 bits per heavy atom. The fourth-order valence-electron chi connectivity index (χ4n) is 3.99. The molecule has 4 aromatic rings. The van der Waals surface area contributed by atoms with Crippen molar-refractivity contribution in [3.8, 4) is 22.6 Å². The lowest BCUT2D eigenvalue weighted by Gasteiger charge is -2.39. The van der Waals surface area contributed by atoms with Crippen molar-refractivity contribution in [1.82, 2.24) is 30.6 Å². The summed E-state index contributed by atoms with van der Waals surface area (Å²) in [7, 11) is 0. The van der Waals surface area contributed by atoms with Crippen LogP contribution in [0.25, 0.3) is 22.6 Å². The van der Waals surface area contributed by atoms with Gasteiger partial charge in [-0.05, 0) is 34.7 Å². The van der Waals surface area contributed by atoms with Crippen molar-refractivity contribution in [2.45, 2.75) is 12.6 Å². The number of aromatic amines is 1. The summed E-state index contributed by atoms with van der Waals surface area (Å²) in [4.78, 5) is 26.1. The van der Waals surface area contributed by atoms with E-state index in [2.05, 4.69) is 35.8 Å². The molecular formula is C21H17N9O. The van der Waals surface area contributed by atoms with E-state index >= 15 is 0 Å². The summed E-state index contributed by atoms with van der Waals surface area (Å²) in [6.07, 6.45) is 2.54. The smallest absolute Gasteiger partial charge is 0.330 e. The summed E-state index contributed by atoms with van der Waals surface area (Å²) in [5.41, 5.74) is 3.59. The highest BCUT2D eigenvalue weighted by molar-refractivity contribution is 6.06. The van der Waals surface area contributed by atoms with Crippen LogP contribution in [-0.2, 0) is 0 Å². The number of nitrogens with zero attached hydrogens (tertiary/aromatic N) is 7. The first kappa shape index (κ1) is 17.5. The summed E-state index contributed by atoms with van der Waals surface area (Å²) in [6.45, 7) is 0.909. The van der Waals surface area contributed by atoms with E-state index in [1.807, 2.05) is 48.5 Å². The van der Waals surface area contributed by atoms with Gasteiger partial charge in [0.1, 0.15) is 12.0 Å². The molecule has 0 aliphatic carbocycles. The molecule has 1 saturated heterocycles. The number of hydrogen-bond donors (Lipinski definition) is 2. The van der Waals surface area contributed by atoms with E-state index in [1.165, 1.54) is 0 Å². The maximum absolute atomic E-state index is 13.1. The summed E-state index contributed by atoms with van der Waals surface area (Å²) < 4.78 is 0. The van der Waals surface area contributed by atoms with Gasteiger partial charge in [-0.1, -0.05) is 30.3 Å². The number of fused-ring (bicyclic) bond motifs is 3. The molecule has 10 heteroatoms. The highest BCUT2D eigenvalue weighted by Gasteiger charge is 2.46. The van der Waals surface area contributed by atoms with Crippen LogP contribution in [0.4, 0.5) is 22.1 Å². The Labute approximate surface area is 176 Å². The second-order valence-electron chi connectivity index (χ2n) is 7.34. The van der Waals surface area contributed by atoms with Crippen molar-refractivity contribution in [2.75, 3.05) is 21.7 Å². The Bertz CT molecular complexity index is 1240. The van der Waals surface area contributed by atoms with E-state index in [4.69, 9.17) is 4.98 Å². The van der Waals surface area contributed by atoms with Gasteiger partial charge in [0.05, 0.1) is 11.4 Å². The maximum Gasteiger partial charge on any atom is 0.330 e. The number of benzene rings is 1. The van der Waals surface area contributed by atoms with Crippen molar-refractivity contribution in [3.63, 3.8) is 0 Å². The van der Waals surface area contributed by atoms with E-state index < -0.39 is 0 Å². The number of hydrogen-bond acceptors (Lipinski definition) is 7. The normalized spacial score (nSPS) is 16.5. The largest absolute Gasteiger partial charge is 0.347 e. The van der Waals surface area contributed by atoms with Gasteiger partial charge in [0.15, 0.2) is 11.6 Å². The first-order valence-corrected chi connectivity index (χ1v) is 9.91. The number of carbonyl (C=O) groups is 1. The van der Waals surface area contributed by atoms with Gasteiger partial charge in [-0.3, -0.25) is 10.2 Å². The van der Waals surface area contributed by atoms with Gasteiger partial charge in [-0.15, -0.1) is 5.10 Å². The fourth-order valence-corrected chi connectivity index (χ4v) is 3.99. The van der Waals surface area contributed by atoms with Crippen LogP contribution in [0.15, 0.2) is 60.8 Å². The summed E-state index contributed by atoms with van der Waals surface area (Å²) >= 11 is 0. The summed E-state index contributed by atoms with van der Waals surface area (Å²) in [5, 5.41) is 16.8. The zero-order chi connectivity index (χ0) is 20.8. The average molecular weight is 411 g/mol. The van der Waals surface area contributed by atoms with Crippen LogP contribution < -0.4 is 15.1 Å². The third-order valence-electron chi connectivity index (χ3n) is 5.60. The van der Waals surface area contributed by atoms with E-state index in [1.54, 1.807) is 17.2 Å². The number of aromatic nitrogens is 6. The fraction of sp³-hybridized carbons (Fsp3) is 0.143. The summed E-state index contributed by atoms with van der Waals surface area (Å²) in [5.74, 6) is 1.78. The van der Waals surface area contributed by atoms with Crippen LogP contribution in [0.5, 0.6) is 0 Å². The molecule has 1 atom stereocenters. The Kier molecular flexibility index (Phi) is 3.88. The second-order valence-corrected chi connectivity index (χ2v) is 7.34. The Balaban J connectivity index is 1.32. The van der Waals surface area contributed by atoms with Crippen molar-refractivity contribution >= 4 is 23.4 Å². The highest BCUT2D eigenvalue weighted by Crippen LogP contribution is 2.45. The van der Waals surface area contributed by atoms with Crippen LogP contribution in [0, 0.1) is 0 Å². The molecule has 5 heterocycles. The second kappa shape index (κ2) is 6.87. The van der Waals surface area contributed by atoms with Gasteiger partial charge in [0, 0.05) is 30.3 Å². The number of urea groups is 1. The number of H-pyrrole nitrogens is 1. The van der Waals surface area contributed by atoms with Crippen LogP contribution in [0.3, 0.4) is 0 Å². The van der Waals surface area contributed by atoms with Gasteiger partial charge < -0.3 is 4.90 Å². The Morgan fingerprint density at radius 1 is 1.06 bits per heavy atom. The monoisotopic (exact) mass is 411 g/mol. The van der Waals surface area contributed by atoms with Crippen LogP contribution in [0.1, 0.15) is 6.42 Å². The summed E-state index contributed by atoms with van der Waals surface area (Å²) in [6, 6.07) is 17.0. The molecular weight excluding hydrogens is 394 g/mol. The predicted molar refractivity (Wildman–Crippen MR) is 114 cm³/mol. The minimum absolute atomic E-state index is 0.0113. The molecule has 0 radical (unpaired) electrons. The molecule has 2 N–H and O–H groups in total. The molecule has 31 heavy (non-hydrogen) atoms. The number of anilines is 3. The molecule has 0 saturated carbocycles. The van der Waals surface area contributed by atoms with Gasteiger partial charge in [-0.25, -0.2) is 19.9 Å².